The molecule has 0 aliphatic carbocycles. The molecule has 1 aliphatic rings. The Morgan fingerprint density at radius 2 is 1.77 bits per heavy atom. The molecule has 1 fully saturated rings. The van der Waals surface area contributed by atoms with E-state index in [2.05, 4.69) is 0 Å². The lowest BCUT2D eigenvalue weighted by Gasteiger charge is -2.10. The van der Waals surface area contributed by atoms with Gasteiger partial charge in [-0.15, -0.1) is 0 Å². The van der Waals surface area contributed by atoms with Crippen molar-refractivity contribution in [1.82, 2.24) is 0 Å². The zero-order valence-corrected chi connectivity index (χ0v) is 14.3. The number of epoxide rings is 1. The van der Waals surface area contributed by atoms with Crippen LogP contribution in [-0.4, -0.2) is 27.0 Å². The Balaban J connectivity index is 1.88. The molecule has 0 bridgehead atoms. The van der Waals surface area contributed by atoms with Gasteiger partial charge in [-0.3, -0.25) is 4.79 Å². The van der Waals surface area contributed by atoms with E-state index in [1.165, 1.54) is 24.5 Å². The topological polar surface area (TPSA) is 103 Å². The van der Waals surface area contributed by atoms with Crippen LogP contribution in [0.4, 0.5) is 0 Å². The first-order valence-corrected chi connectivity index (χ1v) is 8.24. The second-order valence-corrected chi connectivity index (χ2v) is 7.04. The van der Waals surface area contributed by atoms with Crippen molar-refractivity contribution in [3.8, 4) is 28.4 Å². The maximum atomic E-state index is 12.9. The molecule has 1 aliphatic heterocycles. The first kappa shape index (κ1) is 16.5. The number of hydrogen-bond donors (Lipinski definition) is 3. The molecule has 26 heavy (non-hydrogen) atoms. The third-order valence-electron chi connectivity index (χ3n) is 4.85. The minimum Gasteiger partial charge on any atom is -0.508 e. The molecular formula is C20H18O6. The van der Waals surface area contributed by atoms with Gasteiger partial charge in [-0.1, -0.05) is 12.1 Å². The molecule has 2 aromatic carbocycles. The summed E-state index contributed by atoms with van der Waals surface area (Å²) in [4.78, 5) is 12.9. The lowest BCUT2D eigenvalue weighted by atomic mass is 9.98. The van der Waals surface area contributed by atoms with Crippen molar-refractivity contribution in [2.45, 2.75) is 32.0 Å². The number of benzene rings is 2. The zero-order valence-electron chi connectivity index (χ0n) is 14.3. The van der Waals surface area contributed by atoms with Crippen molar-refractivity contribution in [1.29, 1.82) is 0 Å². The van der Waals surface area contributed by atoms with Crippen LogP contribution >= 0.6 is 0 Å². The van der Waals surface area contributed by atoms with E-state index in [9.17, 15) is 20.1 Å². The summed E-state index contributed by atoms with van der Waals surface area (Å²) in [5, 5.41) is 30.3. The van der Waals surface area contributed by atoms with Gasteiger partial charge in [0.05, 0.1) is 17.3 Å². The van der Waals surface area contributed by atoms with E-state index in [-0.39, 0.29) is 51.0 Å². The number of phenolic OH excluding ortho intramolecular Hbond substituents is 3. The Morgan fingerprint density at radius 1 is 1.12 bits per heavy atom. The van der Waals surface area contributed by atoms with Gasteiger partial charge in [0.25, 0.3) is 0 Å². The average molecular weight is 354 g/mol. The molecule has 6 nitrogen and oxygen atoms in total. The third-order valence-corrected chi connectivity index (χ3v) is 4.85. The van der Waals surface area contributed by atoms with E-state index in [0.717, 1.165) is 0 Å². The van der Waals surface area contributed by atoms with E-state index in [0.29, 0.717) is 12.0 Å². The predicted molar refractivity (Wildman–Crippen MR) is 95.6 cm³/mol. The van der Waals surface area contributed by atoms with E-state index < -0.39 is 5.43 Å². The maximum Gasteiger partial charge on any atom is 0.204 e. The highest BCUT2D eigenvalue weighted by molar-refractivity contribution is 5.89. The Hall–Kier alpha value is -2.99. The standard InChI is InChI=1S/C20H18O6/c1-20(2)16(26-20)7-12-14(22)8-15-17(18(12)23)19(24)13(9-25-15)10-3-5-11(21)6-4-10/h3-6,8-9,16,21-23H,7H2,1-2H3/t16-/m1/s1. The van der Waals surface area contributed by atoms with Crippen LogP contribution in [0.1, 0.15) is 19.4 Å². The fourth-order valence-electron chi connectivity index (χ4n) is 3.14. The van der Waals surface area contributed by atoms with Gasteiger partial charge in [-0.25, -0.2) is 0 Å². The van der Waals surface area contributed by atoms with Crippen molar-refractivity contribution in [2.24, 2.45) is 0 Å². The Labute approximate surface area is 148 Å². The van der Waals surface area contributed by atoms with Gasteiger partial charge >= 0.3 is 0 Å². The monoisotopic (exact) mass is 354 g/mol. The molecule has 4 rings (SSSR count). The third kappa shape index (κ3) is 2.59. The number of phenols is 3. The maximum absolute atomic E-state index is 12.9. The van der Waals surface area contributed by atoms with Gasteiger partial charge in [0, 0.05) is 18.1 Å². The highest BCUT2D eigenvalue weighted by atomic mass is 16.6. The first-order valence-electron chi connectivity index (χ1n) is 8.24. The van der Waals surface area contributed by atoms with Crippen LogP contribution in [0.3, 0.4) is 0 Å². The first-order chi connectivity index (χ1) is 12.3. The molecule has 0 radical (unpaired) electrons. The zero-order chi connectivity index (χ0) is 18.6. The summed E-state index contributed by atoms with van der Waals surface area (Å²) in [5.41, 5.74) is 0.459. The lowest BCUT2D eigenvalue weighted by Crippen LogP contribution is -2.09. The van der Waals surface area contributed by atoms with Gasteiger partial charge in [0.2, 0.25) is 5.43 Å². The van der Waals surface area contributed by atoms with Crippen LogP contribution in [0.5, 0.6) is 17.2 Å². The van der Waals surface area contributed by atoms with Crippen molar-refractivity contribution in [2.75, 3.05) is 0 Å². The number of rotatable bonds is 3. The number of aromatic hydroxyl groups is 3. The fraction of sp³-hybridized carbons (Fsp3) is 0.250. The molecule has 3 aromatic rings. The molecule has 1 saturated heterocycles. The second kappa shape index (κ2) is 5.51. The summed E-state index contributed by atoms with van der Waals surface area (Å²) in [6, 6.07) is 7.45. The van der Waals surface area contributed by atoms with Crippen LogP contribution in [-0.2, 0) is 11.2 Å². The molecule has 6 heteroatoms. The van der Waals surface area contributed by atoms with Crippen LogP contribution < -0.4 is 5.43 Å². The molecule has 1 aromatic heterocycles. The summed E-state index contributed by atoms with van der Waals surface area (Å²) in [5.74, 6) is -0.344. The molecule has 0 saturated carbocycles. The second-order valence-electron chi connectivity index (χ2n) is 7.04. The van der Waals surface area contributed by atoms with Crippen LogP contribution in [0, 0.1) is 0 Å². The van der Waals surface area contributed by atoms with Gasteiger partial charge < -0.3 is 24.5 Å². The van der Waals surface area contributed by atoms with Crippen LogP contribution in [0.15, 0.2) is 45.8 Å². The molecule has 134 valence electrons. The molecule has 2 heterocycles. The molecule has 1 atom stereocenters. The van der Waals surface area contributed by atoms with Crippen molar-refractivity contribution >= 4 is 11.0 Å². The van der Waals surface area contributed by atoms with Gasteiger partial charge in [0.15, 0.2) is 0 Å². The quantitative estimate of drug-likeness (QED) is 0.624. The van der Waals surface area contributed by atoms with Crippen molar-refractivity contribution < 1.29 is 24.5 Å². The summed E-state index contributed by atoms with van der Waals surface area (Å²) in [6.07, 6.45) is 1.44. The summed E-state index contributed by atoms with van der Waals surface area (Å²) < 4.78 is 11.0. The Kier molecular flexibility index (Phi) is 3.49. The normalized spacial score (nSPS) is 18.2. The van der Waals surface area contributed by atoms with Crippen molar-refractivity contribution in [3.05, 3.63) is 52.4 Å². The van der Waals surface area contributed by atoms with Gasteiger partial charge in [-0.05, 0) is 31.5 Å². The molecule has 0 spiro atoms. The lowest BCUT2D eigenvalue weighted by molar-refractivity contribution is 0.321. The Bertz CT molecular complexity index is 1060. The fourth-order valence-corrected chi connectivity index (χ4v) is 3.14. The van der Waals surface area contributed by atoms with Gasteiger partial charge in [-0.2, -0.15) is 0 Å². The number of hydrogen-bond acceptors (Lipinski definition) is 6. The Morgan fingerprint density at radius 3 is 2.38 bits per heavy atom. The molecule has 0 unspecified atom stereocenters. The highest BCUT2D eigenvalue weighted by Gasteiger charge is 2.48. The van der Waals surface area contributed by atoms with E-state index in [1.807, 2.05) is 13.8 Å². The minimum atomic E-state index is -0.410. The van der Waals surface area contributed by atoms with E-state index in [1.54, 1.807) is 12.1 Å². The van der Waals surface area contributed by atoms with Crippen LogP contribution in [0.25, 0.3) is 22.1 Å². The average Bonchev–Trinajstić information content (AvgIpc) is 3.19. The molecular weight excluding hydrogens is 336 g/mol. The SMILES string of the molecule is CC1(C)O[C@@H]1Cc1c(O)cc2occ(-c3ccc(O)cc3)c(=O)c2c1O. The predicted octanol–water partition coefficient (Wildman–Crippen LogP) is 3.30. The van der Waals surface area contributed by atoms with E-state index >= 15 is 0 Å². The number of fused-ring (bicyclic) bond motifs is 1. The van der Waals surface area contributed by atoms with Gasteiger partial charge in [0.1, 0.15) is 34.5 Å². The smallest absolute Gasteiger partial charge is 0.204 e. The number of ether oxygens (including phenoxy) is 1. The highest BCUT2D eigenvalue weighted by Crippen LogP contribution is 2.43. The molecule has 3 N–H and O–H groups in total. The van der Waals surface area contributed by atoms with Crippen molar-refractivity contribution in [3.63, 3.8) is 0 Å². The molecule has 0 amide bonds. The van der Waals surface area contributed by atoms with E-state index in [4.69, 9.17) is 9.15 Å². The summed E-state index contributed by atoms with van der Waals surface area (Å²) >= 11 is 0. The largest absolute Gasteiger partial charge is 0.508 e. The summed E-state index contributed by atoms with van der Waals surface area (Å²) in [6.45, 7) is 3.84. The summed E-state index contributed by atoms with van der Waals surface area (Å²) in [7, 11) is 0. The minimum absolute atomic E-state index is 0.0156. The van der Waals surface area contributed by atoms with Crippen LogP contribution in [0.2, 0.25) is 0 Å².